The Bertz CT molecular complexity index is 542. The first-order chi connectivity index (χ1) is 8.21. The van der Waals surface area contributed by atoms with E-state index in [4.69, 9.17) is 11.1 Å². The molecule has 0 aliphatic heterocycles. The monoisotopic (exact) mass is 273 g/mol. The van der Waals surface area contributed by atoms with Crippen LogP contribution in [0.2, 0.25) is 0 Å². The van der Waals surface area contributed by atoms with E-state index < -0.39 is 21.4 Å². The fraction of sp³-hybridized carbons (Fsp3) is 0.364. The molecule has 1 aromatic rings. The van der Waals surface area contributed by atoms with Crippen molar-refractivity contribution in [3.8, 4) is 0 Å². The van der Waals surface area contributed by atoms with Crippen LogP contribution in [0.1, 0.15) is 20.3 Å². The van der Waals surface area contributed by atoms with Crippen LogP contribution < -0.4 is 10.5 Å². The molecule has 7 heteroatoms. The number of halogens is 1. The first-order valence-electron chi connectivity index (χ1n) is 5.35. The van der Waals surface area contributed by atoms with Gasteiger partial charge in [-0.3, -0.25) is 5.41 Å². The summed E-state index contributed by atoms with van der Waals surface area (Å²) in [6.07, 6.45) is 0.336. The summed E-state index contributed by atoms with van der Waals surface area (Å²) in [5.74, 6) is -0.783. The minimum atomic E-state index is -3.83. The van der Waals surface area contributed by atoms with Crippen molar-refractivity contribution in [3.05, 3.63) is 30.1 Å². The van der Waals surface area contributed by atoms with E-state index in [1.165, 1.54) is 6.92 Å². The summed E-state index contributed by atoms with van der Waals surface area (Å²) < 4.78 is 39.2. The smallest absolute Gasteiger partial charge is 0.241 e. The second kappa shape index (κ2) is 5.03. The minimum absolute atomic E-state index is 0.0650. The highest BCUT2D eigenvalue weighted by molar-refractivity contribution is 7.89. The van der Waals surface area contributed by atoms with Crippen molar-refractivity contribution in [1.29, 1.82) is 5.41 Å². The molecule has 0 fully saturated rings. The van der Waals surface area contributed by atoms with Gasteiger partial charge < -0.3 is 5.73 Å². The standard InChI is InChI=1S/C11H16FN3O2S/c1-3-11(2,10(13)14)15-18(16,17)9-6-4-8(12)5-7-9/h4-7,15H,3H2,1-2H3,(H3,13,14). The Kier molecular flexibility index (Phi) is 4.08. The molecule has 0 spiro atoms. The Labute approximate surface area is 106 Å². The second-order valence-corrected chi connectivity index (χ2v) is 5.84. The van der Waals surface area contributed by atoms with E-state index in [1.807, 2.05) is 0 Å². The molecular weight excluding hydrogens is 257 g/mol. The molecule has 100 valence electrons. The van der Waals surface area contributed by atoms with Crippen molar-refractivity contribution >= 4 is 15.9 Å². The average molecular weight is 273 g/mol. The van der Waals surface area contributed by atoms with E-state index in [0.717, 1.165) is 24.3 Å². The van der Waals surface area contributed by atoms with Crippen molar-refractivity contribution < 1.29 is 12.8 Å². The molecule has 1 unspecified atom stereocenters. The van der Waals surface area contributed by atoms with Crippen LogP contribution in [0.5, 0.6) is 0 Å². The molecule has 4 N–H and O–H groups in total. The minimum Gasteiger partial charge on any atom is -0.386 e. The second-order valence-electron chi connectivity index (χ2n) is 4.16. The highest BCUT2D eigenvalue weighted by Gasteiger charge is 2.31. The third-order valence-electron chi connectivity index (χ3n) is 2.79. The average Bonchev–Trinajstić information content (AvgIpc) is 2.28. The van der Waals surface area contributed by atoms with Crippen molar-refractivity contribution in [2.24, 2.45) is 5.73 Å². The number of nitrogens with two attached hydrogens (primary N) is 1. The molecule has 0 aliphatic rings. The molecule has 0 aromatic heterocycles. The quantitative estimate of drug-likeness (QED) is 0.555. The summed E-state index contributed by atoms with van der Waals surface area (Å²) in [6.45, 7) is 3.24. The molecule has 5 nitrogen and oxygen atoms in total. The normalized spacial score (nSPS) is 15.1. The van der Waals surface area contributed by atoms with Gasteiger partial charge in [0.25, 0.3) is 0 Å². The van der Waals surface area contributed by atoms with Gasteiger partial charge in [0, 0.05) is 0 Å². The fourth-order valence-corrected chi connectivity index (χ4v) is 2.75. The van der Waals surface area contributed by atoms with Gasteiger partial charge in [-0.25, -0.2) is 12.8 Å². The lowest BCUT2D eigenvalue weighted by molar-refractivity contribution is 0.505. The highest BCUT2D eigenvalue weighted by Crippen LogP contribution is 2.16. The van der Waals surface area contributed by atoms with Crippen LogP contribution in [0.4, 0.5) is 4.39 Å². The van der Waals surface area contributed by atoms with E-state index in [2.05, 4.69) is 4.72 Å². The highest BCUT2D eigenvalue weighted by atomic mass is 32.2. The molecule has 0 aliphatic carbocycles. The van der Waals surface area contributed by atoms with E-state index >= 15 is 0 Å². The topological polar surface area (TPSA) is 96.0 Å². The first kappa shape index (κ1) is 14.6. The van der Waals surface area contributed by atoms with Crippen LogP contribution in [0.15, 0.2) is 29.2 Å². The van der Waals surface area contributed by atoms with E-state index in [9.17, 15) is 12.8 Å². The summed E-state index contributed by atoms with van der Waals surface area (Å²) >= 11 is 0. The van der Waals surface area contributed by atoms with Crippen LogP contribution in [0.25, 0.3) is 0 Å². The van der Waals surface area contributed by atoms with Gasteiger partial charge in [0.1, 0.15) is 11.7 Å². The molecule has 1 atom stereocenters. The van der Waals surface area contributed by atoms with Crippen molar-refractivity contribution in [1.82, 2.24) is 4.72 Å². The summed E-state index contributed by atoms with van der Waals surface area (Å²) in [6, 6.07) is 4.44. The lowest BCUT2D eigenvalue weighted by atomic mass is 10.00. The van der Waals surface area contributed by atoms with Gasteiger partial charge in [-0.1, -0.05) is 6.92 Å². The van der Waals surface area contributed by atoms with Crippen LogP contribution in [-0.4, -0.2) is 19.8 Å². The number of benzene rings is 1. The van der Waals surface area contributed by atoms with Gasteiger partial charge in [-0.05, 0) is 37.6 Å². The molecule has 0 heterocycles. The summed E-state index contributed by atoms with van der Waals surface area (Å²) in [5, 5.41) is 7.42. The fourth-order valence-electron chi connectivity index (χ4n) is 1.29. The maximum atomic E-state index is 12.7. The number of rotatable bonds is 5. The zero-order valence-electron chi connectivity index (χ0n) is 10.2. The maximum Gasteiger partial charge on any atom is 0.241 e. The molecule has 1 rings (SSSR count). The van der Waals surface area contributed by atoms with Crippen LogP contribution in [0.3, 0.4) is 0 Å². The molecular formula is C11H16FN3O2S. The van der Waals surface area contributed by atoms with Crippen LogP contribution >= 0.6 is 0 Å². The first-order valence-corrected chi connectivity index (χ1v) is 6.83. The molecule has 0 saturated heterocycles. The molecule has 18 heavy (non-hydrogen) atoms. The molecule has 0 bridgehead atoms. The number of nitrogens with one attached hydrogen (secondary N) is 2. The third-order valence-corrected chi connectivity index (χ3v) is 4.40. The summed E-state index contributed by atoms with van der Waals surface area (Å²) in [7, 11) is -3.83. The van der Waals surface area contributed by atoms with Gasteiger partial charge in [0.05, 0.1) is 10.4 Å². The van der Waals surface area contributed by atoms with E-state index in [1.54, 1.807) is 6.92 Å². The van der Waals surface area contributed by atoms with Gasteiger partial charge >= 0.3 is 0 Å². The lowest BCUT2D eigenvalue weighted by Gasteiger charge is -2.27. The predicted molar refractivity (Wildman–Crippen MR) is 67.3 cm³/mol. The van der Waals surface area contributed by atoms with E-state index in [0.29, 0.717) is 6.42 Å². The predicted octanol–water partition coefficient (Wildman–Crippen LogP) is 1.21. The summed E-state index contributed by atoms with van der Waals surface area (Å²) in [4.78, 5) is -0.0650. The lowest BCUT2D eigenvalue weighted by Crippen LogP contribution is -2.54. The van der Waals surface area contributed by atoms with Crippen molar-refractivity contribution in [2.75, 3.05) is 0 Å². The number of amidine groups is 1. The maximum absolute atomic E-state index is 12.7. The zero-order valence-corrected chi connectivity index (χ0v) is 11.0. The zero-order chi connectivity index (χ0) is 14.0. The van der Waals surface area contributed by atoms with Gasteiger partial charge in [0.2, 0.25) is 10.0 Å². The molecule has 0 radical (unpaired) electrons. The number of hydrogen-bond donors (Lipinski definition) is 3. The number of hydrogen-bond acceptors (Lipinski definition) is 3. The Morgan fingerprint density at radius 3 is 2.33 bits per heavy atom. The van der Waals surface area contributed by atoms with Crippen molar-refractivity contribution in [2.45, 2.75) is 30.7 Å². The Hall–Kier alpha value is -1.47. The van der Waals surface area contributed by atoms with Gasteiger partial charge in [-0.2, -0.15) is 4.72 Å². The largest absolute Gasteiger partial charge is 0.386 e. The number of sulfonamides is 1. The van der Waals surface area contributed by atoms with E-state index in [-0.39, 0.29) is 10.7 Å². The van der Waals surface area contributed by atoms with Gasteiger partial charge in [-0.15, -0.1) is 0 Å². The third kappa shape index (κ3) is 3.05. The molecule has 1 aromatic carbocycles. The summed E-state index contributed by atoms with van der Waals surface area (Å²) in [5.41, 5.74) is 4.24. The Morgan fingerprint density at radius 1 is 1.44 bits per heavy atom. The van der Waals surface area contributed by atoms with Crippen molar-refractivity contribution in [3.63, 3.8) is 0 Å². The SMILES string of the molecule is CCC(C)(NS(=O)(=O)c1ccc(F)cc1)C(=N)N. The molecule has 0 saturated carbocycles. The van der Waals surface area contributed by atoms with Crippen LogP contribution in [-0.2, 0) is 10.0 Å². The van der Waals surface area contributed by atoms with Crippen LogP contribution in [0, 0.1) is 11.2 Å². The molecule has 0 amide bonds. The Morgan fingerprint density at radius 2 is 1.94 bits per heavy atom. The van der Waals surface area contributed by atoms with Gasteiger partial charge in [0.15, 0.2) is 0 Å². The Balaban J connectivity index is 3.09.